The summed E-state index contributed by atoms with van der Waals surface area (Å²) in [7, 11) is 0. The number of carbonyl (C=O) groups is 1. The average Bonchev–Trinajstić information content (AvgIpc) is 2.90. The lowest BCUT2D eigenvalue weighted by Crippen LogP contribution is -2.24. The van der Waals surface area contributed by atoms with E-state index < -0.39 is 17.6 Å². The highest BCUT2D eigenvalue weighted by atomic mass is 35.5. The number of ether oxygens (including phenoxy) is 1. The molecule has 0 saturated heterocycles. The van der Waals surface area contributed by atoms with Gasteiger partial charge in [-0.3, -0.25) is 4.79 Å². The van der Waals surface area contributed by atoms with Gasteiger partial charge in [-0.2, -0.15) is 13.2 Å². The summed E-state index contributed by atoms with van der Waals surface area (Å²) in [5.41, 5.74) is 7.92. The third-order valence-electron chi connectivity index (χ3n) is 5.67. The van der Waals surface area contributed by atoms with Gasteiger partial charge in [0.05, 0.1) is 11.3 Å². The maximum atomic E-state index is 12.9. The van der Waals surface area contributed by atoms with Crippen LogP contribution in [0.2, 0.25) is 15.1 Å². The summed E-state index contributed by atoms with van der Waals surface area (Å²) in [4.78, 5) is 17.5. The van der Waals surface area contributed by atoms with Gasteiger partial charge >= 0.3 is 6.18 Å². The van der Waals surface area contributed by atoms with Gasteiger partial charge in [-0.15, -0.1) is 0 Å². The zero-order valence-corrected chi connectivity index (χ0v) is 22.4. The fourth-order valence-corrected chi connectivity index (χ4v) is 4.41. The van der Waals surface area contributed by atoms with E-state index >= 15 is 0 Å². The van der Waals surface area contributed by atoms with Crippen LogP contribution >= 0.6 is 34.8 Å². The van der Waals surface area contributed by atoms with Crippen LogP contribution in [0.15, 0.2) is 72.8 Å². The molecule has 4 rings (SSSR count). The Labute approximate surface area is 237 Å². The molecule has 0 aliphatic carbocycles. The van der Waals surface area contributed by atoms with E-state index in [1.165, 1.54) is 0 Å². The standard InChI is InChI=1S/C28H21Cl3F3N3O2/c29-20-7-3-16(4-8-20)25-23(22-10-9-21(30)14-24(22)31)13-18(27(37-25)39-12-11-35)15-36-26(38)17-1-5-19(6-2-17)28(32,33)34/h1-10,13-14H,11-12,15,35H2,(H,36,38). The largest absolute Gasteiger partial charge is 0.476 e. The minimum atomic E-state index is -4.50. The van der Waals surface area contributed by atoms with Crippen molar-refractivity contribution in [3.63, 3.8) is 0 Å². The number of nitrogens with zero attached hydrogens (tertiary/aromatic N) is 1. The van der Waals surface area contributed by atoms with Crippen molar-refractivity contribution in [2.75, 3.05) is 13.2 Å². The molecule has 0 unspecified atom stereocenters. The molecule has 5 nitrogen and oxygen atoms in total. The molecule has 202 valence electrons. The van der Waals surface area contributed by atoms with Crippen LogP contribution in [0.4, 0.5) is 13.2 Å². The second-order valence-corrected chi connectivity index (χ2v) is 9.65. The smallest absolute Gasteiger partial charge is 0.416 e. The Bertz CT molecular complexity index is 1480. The summed E-state index contributed by atoms with van der Waals surface area (Å²) < 4.78 is 44.5. The maximum Gasteiger partial charge on any atom is 0.416 e. The molecule has 3 aromatic carbocycles. The highest BCUT2D eigenvalue weighted by Gasteiger charge is 2.30. The lowest BCUT2D eigenvalue weighted by Gasteiger charge is -2.18. The number of hydrogen-bond acceptors (Lipinski definition) is 4. The van der Waals surface area contributed by atoms with E-state index in [4.69, 9.17) is 50.3 Å². The fraction of sp³-hybridized carbons (Fsp3) is 0.143. The van der Waals surface area contributed by atoms with Crippen molar-refractivity contribution < 1.29 is 22.7 Å². The molecule has 4 aromatic rings. The van der Waals surface area contributed by atoms with Crippen molar-refractivity contribution >= 4 is 40.7 Å². The van der Waals surface area contributed by atoms with Crippen LogP contribution in [-0.2, 0) is 12.7 Å². The average molecular weight is 595 g/mol. The molecule has 0 atom stereocenters. The first-order valence-electron chi connectivity index (χ1n) is 11.6. The van der Waals surface area contributed by atoms with Crippen molar-refractivity contribution in [2.45, 2.75) is 12.7 Å². The number of carbonyl (C=O) groups excluding carboxylic acids is 1. The van der Waals surface area contributed by atoms with Crippen molar-refractivity contribution in [2.24, 2.45) is 5.73 Å². The number of nitrogens with one attached hydrogen (secondary N) is 1. The first-order valence-corrected chi connectivity index (χ1v) is 12.7. The molecule has 11 heteroatoms. The Morgan fingerprint density at radius 3 is 2.18 bits per heavy atom. The van der Waals surface area contributed by atoms with Crippen LogP contribution in [-0.4, -0.2) is 24.0 Å². The Kier molecular flexibility index (Phi) is 9.02. The molecule has 39 heavy (non-hydrogen) atoms. The van der Waals surface area contributed by atoms with Gasteiger partial charge in [0.15, 0.2) is 0 Å². The summed E-state index contributed by atoms with van der Waals surface area (Å²) in [6.45, 7) is 0.347. The van der Waals surface area contributed by atoms with E-state index in [0.29, 0.717) is 37.5 Å². The minimum Gasteiger partial charge on any atom is -0.476 e. The van der Waals surface area contributed by atoms with Gasteiger partial charge in [0.25, 0.3) is 5.91 Å². The predicted molar refractivity (Wildman–Crippen MR) is 147 cm³/mol. The second kappa shape index (κ2) is 12.3. The van der Waals surface area contributed by atoms with Crippen LogP contribution in [0, 0.1) is 0 Å². The van der Waals surface area contributed by atoms with Crippen LogP contribution in [0.3, 0.4) is 0 Å². The zero-order valence-electron chi connectivity index (χ0n) is 20.2. The summed E-state index contributed by atoms with van der Waals surface area (Å²) >= 11 is 18.7. The van der Waals surface area contributed by atoms with Gasteiger partial charge in [0.2, 0.25) is 5.88 Å². The van der Waals surface area contributed by atoms with E-state index in [1.54, 1.807) is 48.5 Å². The third kappa shape index (κ3) is 7.02. The van der Waals surface area contributed by atoms with E-state index in [1.807, 2.05) is 0 Å². The zero-order chi connectivity index (χ0) is 28.2. The van der Waals surface area contributed by atoms with Crippen molar-refractivity contribution in [1.29, 1.82) is 0 Å². The molecule has 1 aromatic heterocycles. The number of rotatable bonds is 8. The van der Waals surface area contributed by atoms with Crippen molar-refractivity contribution in [3.8, 4) is 28.3 Å². The molecule has 0 bridgehead atoms. The Balaban J connectivity index is 1.74. The molecule has 0 saturated carbocycles. The van der Waals surface area contributed by atoms with Crippen LogP contribution < -0.4 is 15.8 Å². The number of hydrogen-bond donors (Lipinski definition) is 2. The maximum absolute atomic E-state index is 12.9. The Morgan fingerprint density at radius 2 is 1.56 bits per heavy atom. The number of benzene rings is 3. The SMILES string of the molecule is NCCOc1nc(-c2ccc(Cl)cc2)c(-c2ccc(Cl)cc2Cl)cc1CNC(=O)c1ccc(C(F)(F)F)cc1. The van der Waals surface area contributed by atoms with Gasteiger partial charge in [-0.05, 0) is 54.6 Å². The number of pyridine rings is 1. The van der Waals surface area contributed by atoms with Gasteiger partial charge < -0.3 is 15.8 Å². The van der Waals surface area contributed by atoms with Gasteiger partial charge in [-0.25, -0.2) is 4.98 Å². The van der Waals surface area contributed by atoms with E-state index in [9.17, 15) is 18.0 Å². The monoisotopic (exact) mass is 593 g/mol. The lowest BCUT2D eigenvalue weighted by atomic mass is 9.97. The first kappa shape index (κ1) is 28.7. The van der Waals surface area contributed by atoms with E-state index in [2.05, 4.69) is 5.32 Å². The number of alkyl halides is 3. The van der Waals surface area contributed by atoms with Gasteiger partial charge in [-0.1, -0.05) is 53.0 Å². The molecule has 3 N–H and O–H groups in total. The molecule has 0 fully saturated rings. The fourth-order valence-electron chi connectivity index (χ4n) is 3.77. The van der Waals surface area contributed by atoms with Crippen LogP contribution in [0.5, 0.6) is 5.88 Å². The normalized spacial score (nSPS) is 11.4. The molecule has 0 spiro atoms. The van der Waals surface area contributed by atoms with Crippen LogP contribution in [0.25, 0.3) is 22.4 Å². The number of aromatic nitrogens is 1. The summed E-state index contributed by atoms with van der Waals surface area (Å²) in [6.07, 6.45) is -4.50. The van der Waals surface area contributed by atoms with Crippen molar-refractivity contribution in [1.82, 2.24) is 10.3 Å². The third-order valence-corrected chi connectivity index (χ3v) is 6.47. The number of nitrogens with two attached hydrogens (primary N) is 1. The molecular formula is C28H21Cl3F3N3O2. The van der Waals surface area contributed by atoms with E-state index in [0.717, 1.165) is 29.8 Å². The molecule has 1 amide bonds. The summed E-state index contributed by atoms with van der Waals surface area (Å²) in [5, 5.41) is 4.10. The van der Waals surface area contributed by atoms with E-state index in [-0.39, 0.29) is 31.1 Å². The van der Waals surface area contributed by atoms with Gasteiger partial charge in [0, 0.05) is 56.0 Å². The second-order valence-electron chi connectivity index (χ2n) is 8.37. The van der Waals surface area contributed by atoms with Crippen molar-refractivity contribution in [3.05, 3.63) is 105 Å². The summed E-state index contributed by atoms with van der Waals surface area (Å²) in [6, 6.07) is 17.8. The topological polar surface area (TPSA) is 77.2 Å². The lowest BCUT2D eigenvalue weighted by molar-refractivity contribution is -0.137. The Morgan fingerprint density at radius 1 is 0.897 bits per heavy atom. The molecule has 0 aliphatic rings. The molecule has 0 radical (unpaired) electrons. The molecule has 1 heterocycles. The molecule has 0 aliphatic heterocycles. The predicted octanol–water partition coefficient (Wildman–Crippen LogP) is 7.66. The minimum absolute atomic E-state index is 0.0358. The quantitative estimate of drug-likeness (QED) is 0.220. The number of amides is 1. The molecular weight excluding hydrogens is 574 g/mol. The highest BCUT2D eigenvalue weighted by molar-refractivity contribution is 6.36. The highest BCUT2D eigenvalue weighted by Crippen LogP contribution is 2.39. The Hall–Kier alpha value is -3.30. The number of halogens is 6. The first-order chi connectivity index (χ1) is 18.6. The van der Waals surface area contributed by atoms with Gasteiger partial charge in [0.1, 0.15) is 6.61 Å². The van der Waals surface area contributed by atoms with Crippen LogP contribution in [0.1, 0.15) is 21.5 Å². The summed E-state index contributed by atoms with van der Waals surface area (Å²) in [5.74, 6) is -0.340.